The quantitative estimate of drug-likeness (QED) is 0.603. The number of furan rings is 1. The third-order valence-corrected chi connectivity index (χ3v) is 4.04. The molecule has 0 saturated heterocycles. The SMILES string of the molecule is Nc1ccccc1NC(=O)c1ccc(-c2ccc(Br)cc2Cl)o1. The minimum Gasteiger partial charge on any atom is -0.451 e. The standard InChI is InChI=1S/C17H12BrClN2O2/c18-10-5-6-11(12(19)9-10)15-7-8-16(23-15)17(22)21-14-4-2-1-3-13(14)20/h1-9H,20H2,(H,21,22). The number of nitrogens with one attached hydrogen (secondary N) is 1. The molecule has 2 aromatic carbocycles. The largest absolute Gasteiger partial charge is 0.451 e. The van der Waals surface area contributed by atoms with E-state index in [-0.39, 0.29) is 11.7 Å². The van der Waals surface area contributed by atoms with Crippen molar-refractivity contribution in [3.05, 3.63) is 69.9 Å². The molecule has 0 aliphatic carbocycles. The van der Waals surface area contributed by atoms with Crippen molar-refractivity contribution >= 4 is 44.8 Å². The van der Waals surface area contributed by atoms with Gasteiger partial charge in [0.15, 0.2) is 5.76 Å². The molecular weight excluding hydrogens is 380 g/mol. The Balaban J connectivity index is 1.84. The normalized spacial score (nSPS) is 10.5. The number of hydrogen-bond donors (Lipinski definition) is 2. The predicted molar refractivity (Wildman–Crippen MR) is 95.7 cm³/mol. The third kappa shape index (κ3) is 3.41. The van der Waals surface area contributed by atoms with Gasteiger partial charge in [-0.3, -0.25) is 4.79 Å². The van der Waals surface area contributed by atoms with E-state index in [4.69, 9.17) is 21.8 Å². The van der Waals surface area contributed by atoms with Gasteiger partial charge in [-0.1, -0.05) is 39.7 Å². The van der Waals surface area contributed by atoms with Gasteiger partial charge in [0.1, 0.15) is 5.76 Å². The highest BCUT2D eigenvalue weighted by atomic mass is 79.9. The first-order chi connectivity index (χ1) is 11.0. The van der Waals surface area contributed by atoms with Crippen LogP contribution in [0.4, 0.5) is 11.4 Å². The average molecular weight is 392 g/mol. The number of para-hydroxylation sites is 2. The number of rotatable bonds is 3. The van der Waals surface area contributed by atoms with Crippen LogP contribution in [0, 0.1) is 0 Å². The first-order valence-corrected chi connectivity index (χ1v) is 7.93. The van der Waals surface area contributed by atoms with Crippen LogP contribution in [0.1, 0.15) is 10.6 Å². The van der Waals surface area contributed by atoms with Crippen molar-refractivity contribution in [1.29, 1.82) is 0 Å². The zero-order valence-electron chi connectivity index (χ0n) is 11.8. The molecule has 1 aromatic heterocycles. The molecule has 0 fully saturated rings. The van der Waals surface area contributed by atoms with E-state index in [1.807, 2.05) is 12.1 Å². The van der Waals surface area contributed by atoms with Crippen LogP contribution in [-0.2, 0) is 0 Å². The van der Waals surface area contributed by atoms with Gasteiger partial charge in [-0.25, -0.2) is 0 Å². The fraction of sp³-hybridized carbons (Fsp3) is 0. The lowest BCUT2D eigenvalue weighted by Crippen LogP contribution is -2.12. The van der Waals surface area contributed by atoms with E-state index in [9.17, 15) is 4.79 Å². The van der Waals surface area contributed by atoms with Crippen LogP contribution < -0.4 is 11.1 Å². The average Bonchev–Trinajstić information content (AvgIpc) is 2.99. The molecule has 6 heteroatoms. The van der Waals surface area contributed by atoms with Gasteiger partial charge in [-0.05, 0) is 42.5 Å². The second-order valence-corrected chi connectivity index (χ2v) is 6.15. The highest BCUT2D eigenvalue weighted by Crippen LogP contribution is 2.32. The number of hydrogen-bond acceptors (Lipinski definition) is 3. The topological polar surface area (TPSA) is 68.3 Å². The molecule has 0 unspecified atom stereocenters. The summed E-state index contributed by atoms with van der Waals surface area (Å²) in [4.78, 5) is 12.2. The Hall–Kier alpha value is -2.24. The van der Waals surface area contributed by atoms with Crippen LogP contribution in [0.25, 0.3) is 11.3 Å². The Morgan fingerprint density at radius 2 is 1.91 bits per heavy atom. The second kappa shape index (κ2) is 6.48. The summed E-state index contributed by atoms with van der Waals surface area (Å²) >= 11 is 9.55. The fourth-order valence-corrected chi connectivity index (χ4v) is 2.86. The summed E-state index contributed by atoms with van der Waals surface area (Å²) in [5.41, 5.74) is 7.55. The van der Waals surface area contributed by atoms with E-state index < -0.39 is 0 Å². The highest BCUT2D eigenvalue weighted by molar-refractivity contribution is 9.10. The van der Waals surface area contributed by atoms with Crippen LogP contribution in [0.2, 0.25) is 5.02 Å². The number of carbonyl (C=O) groups excluding carboxylic acids is 1. The minimum absolute atomic E-state index is 0.183. The van der Waals surface area contributed by atoms with Crippen molar-refractivity contribution in [2.45, 2.75) is 0 Å². The van der Waals surface area contributed by atoms with Crippen LogP contribution >= 0.6 is 27.5 Å². The first kappa shape index (κ1) is 15.6. The van der Waals surface area contributed by atoms with Crippen LogP contribution in [-0.4, -0.2) is 5.91 Å². The summed E-state index contributed by atoms with van der Waals surface area (Å²) in [6, 6.07) is 15.8. The monoisotopic (exact) mass is 390 g/mol. The summed E-state index contributed by atoms with van der Waals surface area (Å²) in [6.45, 7) is 0. The van der Waals surface area contributed by atoms with Gasteiger partial charge < -0.3 is 15.5 Å². The molecule has 3 rings (SSSR count). The minimum atomic E-state index is -0.373. The lowest BCUT2D eigenvalue weighted by atomic mass is 10.2. The Labute approximate surface area is 146 Å². The first-order valence-electron chi connectivity index (χ1n) is 6.76. The van der Waals surface area contributed by atoms with E-state index in [1.165, 1.54) is 0 Å². The molecule has 3 aromatic rings. The smallest absolute Gasteiger partial charge is 0.291 e. The molecule has 1 heterocycles. The zero-order valence-corrected chi connectivity index (χ0v) is 14.2. The molecule has 0 aliphatic heterocycles. The van der Waals surface area contributed by atoms with Crippen LogP contribution in [0.15, 0.2) is 63.5 Å². The number of amides is 1. The number of halogens is 2. The van der Waals surface area contributed by atoms with Gasteiger partial charge in [0.05, 0.1) is 16.4 Å². The molecule has 4 nitrogen and oxygen atoms in total. The number of nitrogen functional groups attached to an aromatic ring is 1. The van der Waals surface area contributed by atoms with Crippen molar-refractivity contribution in [2.24, 2.45) is 0 Å². The maximum atomic E-state index is 12.2. The van der Waals surface area contributed by atoms with Crippen molar-refractivity contribution in [3.8, 4) is 11.3 Å². The summed E-state index contributed by atoms with van der Waals surface area (Å²) in [5, 5.41) is 3.25. The van der Waals surface area contributed by atoms with Crippen molar-refractivity contribution in [3.63, 3.8) is 0 Å². The van der Waals surface area contributed by atoms with Crippen molar-refractivity contribution in [2.75, 3.05) is 11.1 Å². The summed E-state index contributed by atoms with van der Waals surface area (Å²) in [5.74, 6) is 0.332. The lowest BCUT2D eigenvalue weighted by molar-refractivity contribution is 0.0997. The van der Waals surface area contributed by atoms with Crippen molar-refractivity contribution in [1.82, 2.24) is 0 Å². The molecule has 1 amide bonds. The number of benzene rings is 2. The Morgan fingerprint density at radius 1 is 1.13 bits per heavy atom. The van der Waals surface area contributed by atoms with Gasteiger partial charge in [-0.2, -0.15) is 0 Å². The molecule has 0 radical (unpaired) electrons. The molecule has 0 spiro atoms. The molecule has 116 valence electrons. The highest BCUT2D eigenvalue weighted by Gasteiger charge is 2.15. The Kier molecular flexibility index (Phi) is 4.41. The van der Waals surface area contributed by atoms with E-state index in [0.29, 0.717) is 27.7 Å². The summed E-state index contributed by atoms with van der Waals surface area (Å²) < 4.78 is 6.48. The molecule has 0 bridgehead atoms. The van der Waals surface area contributed by atoms with Crippen LogP contribution in [0.5, 0.6) is 0 Å². The van der Waals surface area contributed by atoms with E-state index >= 15 is 0 Å². The summed E-state index contributed by atoms with van der Waals surface area (Å²) in [6.07, 6.45) is 0. The van der Waals surface area contributed by atoms with Gasteiger partial charge in [0, 0.05) is 10.0 Å². The second-order valence-electron chi connectivity index (χ2n) is 4.83. The fourth-order valence-electron chi connectivity index (χ4n) is 2.09. The molecular formula is C17H12BrClN2O2. The van der Waals surface area contributed by atoms with E-state index in [2.05, 4.69) is 21.2 Å². The summed E-state index contributed by atoms with van der Waals surface area (Å²) in [7, 11) is 0. The molecule has 23 heavy (non-hydrogen) atoms. The van der Waals surface area contributed by atoms with Crippen molar-refractivity contribution < 1.29 is 9.21 Å². The maximum absolute atomic E-state index is 12.2. The predicted octanol–water partition coefficient (Wildman–Crippen LogP) is 5.20. The molecule has 0 atom stereocenters. The van der Waals surface area contributed by atoms with Gasteiger partial charge in [0.25, 0.3) is 5.91 Å². The number of anilines is 2. The third-order valence-electron chi connectivity index (χ3n) is 3.24. The Morgan fingerprint density at radius 3 is 2.65 bits per heavy atom. The molecule has 0 aliphatic rings. The zero-order chi connectivity index (χ0) is 16.4. The van der Waals surface area contributed by atoms with Gasteiger partial charge in [0.2, 0.25) is 0 Å². The van der Waals surface area contributed by atoms with Gasteiger partial charge in [-0.15, -0.1) is 0 Å². The number of nitrogens with two attached hydrogens (primary N) is 1. The Bertz CT molecular complexity index is 877. The number of carbonyl (C=O) groups is 1. The van der Waals surface area contributed by atoms with E-state index in [1.54, 1.807) is 42.5 Å². The molecule has 3 N–H and O–H groups in total. The maximum Gasteiger partial charge on any atom is 0.291 e. The van der Waals surface area contributed by atoms with Gasteiger partial charge >= 0.3 is 0 Å². The molecule has 0 saturated carbocycles. The van der Waals surface area contributed by atoms with Crippen LogP contribution in [0.3, 0.4) is 0 Å². The lowest BCUT2D eigenvalue weighted by Gasteiger charge is -2.06. The van der Waals surface area contributed by atoms with E-state index in [0.717, 1.165) is 4.47 Å².